The predicted molar refractivity (Wildman–Crippen MR) is 107 cm³/mol. The first kappa shape index (κ1) is 21.7. The zero-order chi connectivity index (χ0) is 19.2. The summed E-state index contributed by atoms with van der Waals surface area (Å²) in [4.78, 5) is 24.2. The molecule has 1 fully saturated rings. The molecule has 28 heavy (non-hydrogen) atoms. The molecule has 2 atom stereocenters. The van der Waals surface area contributed by atoms with Crippen LogP contribution in [0.4, 0.5) is 5.69 Å². The molecule has 8 nitrogen and oxygen atoms in total. The molecular weight excluding hydrogens is 384 g/mol. The first-order valence-electron chi connectivity index (χ1n) is 8.95. The van der Waals surface area contributed by atoms with Gasteiger partial charge in [-0.1, -0.05) is 6.07 Å². The van der Waals surface area contributed by atoms with Crippen molar-refractivity contribution in [3.05, 3.63) is 42.2 Å². The maximum atomic E-state index is 12.8. The molecule has 0 saturated carbocycles. The van der Waals surface area contributed by atoms with Gasteiger partial charge in [-0.25, -0.2) is 4.79 Å². The largest absolute Gasteiger partial charge is 0.482 e. The summed E-state index contributed by atoms with van der Waals surface area (Å²) in [5.41, 5.74) is 1.67. The van der Waals surface area contributed by atoms with E-state index in [0.29, 0.717) is 24.6 Å². The van der Waals surface area contributed by atoms with Gasteiger partial charge in [0.2, 0.25) is 5.91 Å². The Morgan fingerprint density at radius 2 is 2.18 bits per heavy atom. The highest BCUT2D eigenvalue weighted by molar-refractivity contribution is 5.93. The van der Waals surface area contributed by atoms with Crippen molar-refractivity contribution in [2.45, 2.75) is 12.8 Å². The van der Waals surface area contributed by atoms with Gasteiger partial charge >= 0.3 is 5.97 Å². The van der Waals surface area contributed by atoms with Crippen LogP contribution in [0.2, 0.25) is 0 Å². The number of ether oxygens (including phenoxy) is 2. The maximum absolute atomic E-state index is 12.8. The third kappa shape index (κ3) is 5.46. The van der Waals surface area contributed by atoms with Crippen LogP contribution >= 0.6 is 12.4 Å². The molecule has 0 bridgehead atoms. The normalized spacial score (nSPS) is 18.2. The van der Waals surface area contributed by atoms with Gasteiger partial charge in [0.1, 0.15) is 5.75 Å². The number of hydrogen-bond donors (Lipinski definition) is 2. The summed E-state index contributed by atoms with van der Waals surface area (Å²) in [6.45, 7) is 3.24. The van der Waals surface area contributed by atoms with E-state index < -0.39 is 5.97 Å². The van der Waals surface area contributed by atoms with E-state index >= 15 is 0 Å². The smallest absolute Gasteiger partial charge is 0.344 e. The number of esters is 1. The molecule has 2 aromatic rings. The number of amides is 1. The number of halogens is 1. The molecule has 1 aromatic heterocycles. The predicted octanol–water partition coefficient (Wildman–Crippen LogP) is 1.73. The van der Waals surface area contributed by atoms with E-state index in [0.717, 1.165) is 12.1 Å². The molecule has 1 aromatic carbocycles. The Hall–Kier alpha value is -2.58. The van der Waals surface area contributed by atoms with Gasteiger partial charge in [-0.15, -0.1) is 12.4 Å². The van der Waals surface area contributed by atoms with E-state index in [4.69, 9.17) is 9.47 Å². The van der Waals surface area contributed by atoms with Crippen molar-refractivity contribution in [3.8, 4) is 5.75 Å². The lowest BCUT2D eigenvalue weighted by atomic mass is 9.90. The average molecular weight is 409 g/mol. The Morgan fingerprint density at radius 1 is 1.36 bits per heavy atom. The number of carbonyl (C=O) groups excluding carboxylic acids is 2. The molecule has 3 rings (SSSR count). The van der Waals surface area contributed by atoms with E-state index in [1.54, 1.807) is 35.9 Å². The lowest BCUT2D eigenvalue weighted by molar-refractivity contribution is -0.145. The van der Waals surface area contributed by atoms with Crippen LogP contribution in [-0.2, 0) is 21.4 Å². The average Bonchev–Trinajstić information content (AvgIpc) is 3.29. The number of benzene rings is 1. The van der Waals surface area contributed by atoms with E-state index in [-0.39, 0.29) is 36.8 Å². The second-order valence-corrected chi connectivity index (χ2v) is 6.43. The van der Waals surface area contributed by atoms with Crippen LogP contribution in [0.25, 0.3) is 0 Å². The van der Waals surface area contributed by atoms with Gasteiger partial charge in [-0.3, -0.25) is 9.48 Å². The number of carbonyl (C=O) groups is 2. The molecule has 2 N–H and O–H groups in total. The summed E-state index contributed by atoms with van der Waals surface area (Å²) >= 11 is 0. The molecule has 1 aliphatic heterocycles. The van der Waals surface area contributed by atoms with Crippen molar-refractivity contribution >= 4 is 30.0 Å². The summed E-state index contributed by atoms with van der Waals surface area (Å²) < 4.78 is 12.0. The molecule has 1 amide bonds. The molecule has 0 aliphatic carbocycles. The van der Waals surface area contributed by atoms with Gasteiger partial charge in [0.05, 0.1) is 18.7 Å². The lowest BCUT2D eigenvalue weighted by Gasteiger charge is -2.17. The SMILES string of the molecule is CCOC(=O)COc1cccc(NC(=O)[C@H]2CNC[C@@H]2c2cnn(C)c2)c1.Cl. The van der Waals surface area contributed by atoms with Crippen LogP contribution in [0.5, 0.6) is 5.75 Å². The fourth-order valence-corrected chi connectivity index (χ4v) is 3.18. The van der Waals surface area contributed by atoms with Gasteiger partial charge in [-0.05, 0) is 24.6 Å². The van der Waals surface area contributed by atoms with Crippen molar-refractivity contribution in [3.63, 3.8) is 0 Å². The van der Waals surface area contributed by atoms with Crippen molar-refractivity contribution in [1.29, 1.82) is 0 Å². The van der Waals surface area contributed by atoms with Gasteiger partial charge in [0.25, 0.3) is 0 Å². The highest BCUT2D eigenvalue weighted by Crippen LogP contribution is 2.29. The third-order valence-corrected chi connectivity index (χ3v) is 4.47. The molecule has 0 radical (unpaired) electrons. The molecule has 1 saturated heterocycles. The zero-order valence-corrected chi connectivity index (χ0v) is 16.7. The Kier molecular flexibility index (Phi) is 7.83. The topological polar surface area (TPSA) is 94.5 Å². The standard InChI is InChI=1S/C19H24N4O4.ClH/c1-3-26-18(24)12-27-15-6-4-5-14(7-15)22-19(25)17-10-20-9-16(17)13-8-21-23(2)11-13;/h4-8,11,16-17,20H,3,9-10,12H2,1-2H3,(H,22,25);1H/t16-,17+;/m1./s1. The molecule has 2 heterocycles. The van der Waals surface area contributed by atoms with Gasteiger partial charge in [0, 0.05) is 44.0 Å². The maximum Gasteiger partial charge on any atom is 0.344 e. The number of nitrogens with one attached hydrogen (secondary N) is 2. The zero-order valence-electron chi connectivity index (χ0n) is 15.9. The van der Waals surface area contributed by atoms with Crippen LogP contribution in [0.15, 0.2) is 36.7 Å². The molecule has 1 aliphatic rings. The molecule has 0 spiro atoms. The third-order valence-electron chi connectivity index (χ3n) is 4.47. The minimum absolute atomic E-state index is 0. The van der Waals surface area contributed by atoms with Crippen molar-refractivity contribution < 1.29 is 19.1 Å². The van der Waals surface area contributed by atoms with E-state index in [1.165, 1.54) is 0 Å². The van der Waals surface area contributed by atoms with E-state index in [1.807, 2.05) is 19.4 Å². The minimum Gasteiger partial charge on any atom is -0.482 e. The van der Waals surface area contributed by atoms with Crippen LogP contribution in [0.1, 0.15) is 18.4 Å². The summed E-state index contributed by atoms with van der Waals surface area (Å²) in [5, 5.41) is 10.4. The molecular formula is C19H25ClN4O4. The van der Waals surface area contributed by atoms with Gasteiger partial charge < -0.3 is 20.1 Å². The number of nitrogens with zero attached hydrogens (tertiary/aromatic N) is 2. The van der Waals surface area contributed by atoms with Gasteiger partial charge in [0.15, 0.2) is 6.61 Å². The fourth-order valence-electron chi connectivity index (χ4n) is 3.18. The van der Waals surface area contributed by atoms with Crippen molar-refractivity contribution in [2.24, 2.45) is 13.0 Å². The molecule has 0 unspecified atom stereocenters. The monoisotopic (exact) mass is 408 g/mol. The summed E-state index contributed by atoms with van der Waals surface area (Å²) in [7, 11) is 1.86. The highest BCUT2D eigenvalue weighted by atomic mass is 35.5. The quantitative estimate of drug-likeness (QED) is 0.677. The number of hydrogen-bond acceptors (Lipinski definition) is 6. The number of rotatable bonds is 7. The summed E-state index contributed by atoms with van der Waals surface area (Å²) in [6.07, 6.45) is 3.75. The Balaban J connectivity index is 0.00000280. The fraction of sp³-hybridized carbons (Fsp3) is 0.421. The van der Waals surface area contributed by atoms with Gasteiger partial charge in [-0.2, -0.15) is 5.10 Å². The Labute approximate surface area is 170 Å². The van der Waals surface area contributed by atoms with Crippen LogP contribution in [0.3, 0.4) is 0 Å². The number of aromatic nitrogens is 2. The Morgan fingerprint density at radius 3 is 2.89 bits per heavy atom. The second-order valence-electron chi connectivity index (χ2n) is 6.43. The van der Waals surface area contributed by atoms with E-state index in [2.05, 4.69) is 15.7 Å². The van der Waals surface area contributed by atoms with Crippen LogP contribution in [-0.4, -0.2) is 48.0 Å². The van der Waals surface area contributed by atoms with Crippen LogP contribution in [0, 0.1) is 5.92 Å². The molecule has 152 valence electrons. The lowest BCUT2D eigenvalue weighted by Crippen LogP contribution is -2.28. The summed E-state index contributed by atoms with van der Waals surface area (Å²) in [5.74, 6) is -0.0888. The second kappa shape index (κ2) is 10.1. The highest BCUT2D eigenvalue weighted by Gasteiger charge is 2.34. The minimum atomic E-state index is -0.428. The summed E-state index contributed by atoms with van der Waals surface area (Å²) in [6, 6.07) is 6.97. The van der Waals surface area contributed by atoms with Crippen molar-refractivity contribution in [1.82, 2.24) is 15.1 Å². The number of aryl methyl sites for hydroxylation is 1. The molecule has 9 heteroatoms. The van der Waals surface area contributed by atoms with E-state index in [9.17, 15) is 9.59 Å². The Bertz CT molecular complexity index is 811. The first-order chi connectivity index (χ1) is 13.1. The van der Waals surface area contributed by atoms with Crippen molar-refractivity contribution in [2.75, 3.05) is 31.6 Å². The van der Waals surface area contributed by atoms with Crippen LogP contribution < -0.4 is 15.4 Å². The first-order valence-corrected chi connectivity index (χ1v) is 8.95. The number of anilines is 1.